The van der Waals surface area contributed by atoms with E-state index in [1.165, 1.54) is 10.5 Å². The van der Waals surface area contributed by atoms with Crippen LogP contribution in [0.2, 0.25) is 0 Å². The van der Waals surface area contributed by atoms with Crippen molar-refractivity contribution >= 4 is 11.8 Å². The van der Waals surface area contributed by atoms with Gasteiger partial charge in [0.25, 0.3) is 0 Å². The summed E-state index contributed by atoms with van der Waals surface area (Å²) in [5, 5.41) is 9.24. The Labute approximate surface area is 95.5 Å². The summed E-state index contributed by atoms with van der Waals surface area (Å²) >= 11 is 1.75. The molecule has 0 N–H and O–H groups in total. The van der Waals surface area contributed by atoms with Gasteiger partial charge in [-0.25, -0.2) is 0 Å². The molecule has 0 saturated heterocycles. The van der Waals surface area contributed by atoms with Gasteiger partial charge in [-0.1, -0.05) is 25.1 Å². The summed E-state index contributed by atoms with van der Waals surface area (Å²) in [5.41, 5.74) is 1.27. The molecule has 0 unspecified atom stereocenters. The number of aryl methyl sites for hydroxylation is 1. The maximum Gasteiger partial charge on any atom is 0.108 e. The third-order valence-corrected chi connectivity index (χ3v) is 4.45. The van der Waals surface area contributed by atoms with Crippen molar-refractivity contribution in [3.8, 4) is 6.07 Å². The zero-order valence-corrected chi connectivity index (χ0v) is 9.97. The Morgan fingerprint density at radius 3 is 2.60 bits per heavy atom. The molecule has 1 saturated carbocycles. The van der Waals surface area contributed by atoms with Crippen molar-refractivity contribution in [3.05, 3.63) is 29.8 Å². The van der Waals surface area contributed by atoms with Crippen LogP contribution in [-0.4, -0.2) is 4.75 Å². The van der Waals surface area contributed by atoms with Crippen molar-refractivity contribution < 1.29 is 0 Å². The highest BCUT2D eigenvalue weighted by Gasteiger charge is 2.43. The fourth-order valence-corrected chi connectivity index (χ4v) is 3.72. The van der Waals surface area contributed by atoms with Gasteiger partial charge in [-0.2, -0.15) is 5.26 Å². The first-order valence-corrected chi connectivity index (χ1v) is 6.13. The summed E-state index contributed by atoms with van der Waals surface area (Å²) in [5.74, 6) is 0.709. The van der Waals surface area contributed by atoms with E-state index < -0.39 is 0 Å². The third-order valence-electron chi connectivity index (χ3n) is 2.96. The molecule has 0 aliphatic heterocycles. The van der Waals surface area contributed by atoms with Crippen LogP contribution in [-0.2, 0) is 0 Å². The number of hydrogen-bond donors (Lipinski definition) is 0. The molecule has 2 heteroatoms. The van der Waals surface area contributed by atoms with E-state index in [-0.39, 0.29) is 4.75 Å². The first-order chi connectivity index (χ1) is 7.15. The largest absolute Gasteiger partial charge is 0.197 e. The van der Waals surface area contributed by atoms with Crippen molar-refractivity contribution in [1.82, 2.24) is 0 Å². The van der Waals surface area contributed by atoms with Gasteiger partial charge >= 0.3 is 0 Å². The van der Waals surface area contributed by atoms with Gasteiger partial charge in [0.15, 0.2) is 0 Å². The Bertz CT molecular complexity index is 399. The Kier molecular flexibility index (Phi) is 2.75. The molecule has 1 aliphatic rings. The summed E-state index contributed by atoms with van der Waals surface area (Å²) < 4.78 is -0.147. The van der Waals surface area contributed by atoms with E-state index >= 15 is 0 Å². The van der Waals surface area contributed by atoms with Crippen LogP contribution in [0, 0.1) is 24.2 Å². The molecule has 0 heterocycles. The van der Waals surface area contributed by atoms with Gasteiger partial charge in [0.05, 0.1) is 6.07 Å². The van der Waals surface area contributed by atoms with E-state index in [0.29, 0.717) is 5.92 Å². The number of thioether (sulfide) groups is 1. The monoisotopic (exact) mass is 217 g/mol. The van der Waals surface area contributed by atoms with Crippen LogP contribution in [0.25, 0.3) is 0 Å². The lowest BCUT2D eigenvalue weighted by atomic mass is 9.76. The average molecular weight is 217 g/mol. The maximum atomic E-state index is 9.24. The lowest BCUT2D eigenvalue weighted by Gasteiger charge is -2.40. The zero-order valence-electron chi connectivity index (χ0n) is 9.16. The molecule has 1 fully saturated rings. The smallest absolute Gasteiger partial charge is 0.108 e. The first-order valence-electron chi connectivity index (χ1n) is 5.31. The van der Waals surface area contributed by atoms with E-state index in [4.69, 9.17) is 0 Å². The van der Waals surface area contributed by atoms with E-state index in [1.54, 1.807) is 11.8 Å². The molecule has 0 spiro atoms. The molecule has 1 aromatic carbocycles. The second-order valence-electron chi connectivity index (χ2n) is 4.49. The Morgan fingerprint density at radius 1 is 1.40 bits per heavy atom. The SMILES string of the molecule is Cc1ccccc1SC1(C#N)CC(C)C1. The van der Waals surface area contributed by atoms with Crippen molar-refractivity contribution in [2.45, 2.75) is 36.3 Å². The van der Waals surface area contributed by atoms with Gasteiger partial charge in [0, 0.05) is 4.90 Å². The average Bonchev–Trinajstić information content (AvgIpc) is 2.18. The number of benzene rings is 1. The Balaban J connectivity index is 2.16. The molecule has 1 aromatic rings. The predicted octanol–water partition coefficient (Wildman–Crippen LogP) is 3.78. The topological polar surface area (TPSA) is 23.8 Å². The van der Waals surface area contributed by atoms with Crippen LogP contribution in [0.3, 0.4) is 0 Å². The summed E-state index contributed by atoms with van der Waals surface area (Å²) in [6.07, 6.45) is 2.06. The minimum Gasteiger partial charge on any atom is -0.197 e. The van der Waals surface area contributed by atoms with Crippen molar-refractivity contribution in [2.24, 2.45) is 5.92 Å². The normalized spacial score (nSPS) is 29.3. The second kappa shape index (κ2) is 3.90. The van der Waals surface area contributed by atoms with Crippen molar-refractivity contribution in [2.75, 3.05) is 0 Å². The standard InChI is InChI=1S/C13H15NS/c1-10-7-13(8-10,9-14)15-12-6-4-3-5-11(12)2/h3-6,10H,7-8H2,1-2H3. The lowest BCUT2D eigenvalue weighted by Crippen LogP contribution is -2.38. The third kappa shape index (κ3) is 2.03. The molecule has 0 amide bonds. The van der Waals surface area contributed by atoms with Crippen LogP contribution in [0.15, 0.2) is 29.2 Å². The molecular formula is C13H15NS. The molecule has 0 aromatic heterocycles. The number of nitrogens with zero attached hydrogens (tertiary/aromatic N) is 1. The molecule has 0 atom stereocenters. The molecule has 1 nitrogen and oxygen atoms in total. The van der Waals surface area contributed by atoms with Gasteiger partial charge in [0.1, 0.15) is 4.75 Å². The Hall–Kier alpha value is -0.940. The van der Waals surface area contributed by atoms with Gasteiger partial charge in [0.2, 0.25) is 0 Å². The maximum absolute atomic E-state index is 9.24. The number of hydrogen-bond acceptors (Lipinski definition) is 2. The predicted molar refractivity (Wildman–Crippen MR) is 63.8 cm³/mol. The molecule has 15 heavy (non-hydrogen) atoms. The van der Waals surface area contributed by atoms with Crippen LogP contribution in [0.1, 0.15) is 25.3 Å². The summed E-state index contributed by atoms with van der Waals surface area (Å²) in [4.78, 5) is 1.26. The summed E-state index contributed by atoms with van der Waals surface area (Å²) in [6, 6.07) is 10.8. The van der Waals surface area contributed by atoms with Crippen LogP contribution in [0.5, 0.6) is 0 Å². The van der Waals surface area contributed by atoms with Crippen LogP contribution < -0.4 is 0 Å². The van der Waals surface area contributed by atoms with Crippen molar-refractivity contribution in [1.29, 1.82) is 5.26 Å². The molecule has 0 radical (unpaired) electrons. The Morgan fingerprint density at radius 2 is 2.07 bits per heavy atom. The fraction of sp³-hybridized carbons (Fsp3) is 0.462. The molecule has 1 aliphatic carbocycles. The molecule has 78 valence electrons. The molecule has 2 rings (SSSR count). The second-order valence-corrected chi connectivity index (χ2v) is 5.91. The van der Waals surface area contributed by atoms with Gasteiger partial charge in [-0.05, 0) is 37.3 Å². The van der Waals surface area contributed by atoms with Crippen molar-refractivity contribution in [3.63, 3.8) is 0 Å². The molecule has 0 bridgehead atoms. The molecular weight excluding hydrogens is 202 g/mol. The van der Waals surface area contributed by atoms with E-state index in [2.05, 4.69) is 32.0 Å². The van der Waals surface area contributed by atoms with E-state index in [9.17, 15) is 5.26 Å². The van der Waals surface area contributed by atoms with Gasteiger partial charge in [-0.3, -0.25) is 0 Å². The number of nitriles is 1. The van der Waals surface area contributed by atoms with E-state index in [1.807, 2.05) is 12.1 Å². The lowest BCUT2D eigenvalue weighted by molar-refractivity contribution is 0.303. The number of rotatable bonds is 2. The fourth-order valence-electron chi connectivity index (χ4n) is 2.14. The highest BCUT2D eigenvalue weighted by atomic mass is 32.2. The van der Waals surface area contributed by atoms with Gasteiger partial charge < -0.3 is 0 Å². The van der Waals surface area contributed by atoms with E-state index in [0.717, 1.165) is 12.8 Å². The minimum atomic E-state index is -0.147. The van der Waals surface area contributed by atoms with Crippen LogP contribution in [0.4, 0.5) is 0 Å². The van der Waals surface area contributed by atoms with Crippen LogP contribution >= 0.6 is 11.8 Å². The highest BCUT2D eigenvalue weighted by Crippen LogP contribution is 2.50. The van der Waals surface area contributed by atoms with Gasteiger partial charge in [-0.15, -0.1) is 11.8 Å². The first kappa shape index (κ1) is 10.6. The highest BCUT2D eigenvalue weighted by molar-refractivity contribution is 8.01. The zero-order chi connectivity index (χ0) is 10.9. The quantitative estimate of drug-likeness (QED) is 0.752. The summed E-state index contributed by atoms with van der Waals surface area (Å²) in [7, 11) is 0. The summed E-state index contributed by atoms with van der Waals surface area (Å²) in [6.45, 7) is 4.32. The minimum absolute atomic E-state index is 0.147.